The lowest BCUT2D eigenvalue weighted by Gasteiger charge is -2.37. The smallest absolute Gasteiger partial charge is 0.315 e. The van der Waals surface area contributed by atoms with Crippen molar-refractivity contribution in [1.29, 1.82) is 0 Å². The second-order valence-corrected chi connectivity index (χ2v) is 12.3. The Hall–Kier alpha value is -1.72. The van der Waals surface area contributed by atoms with E-state index in [1.807, 2.05) is 0 Å². The van der Waals surface area contributed by atoms with Crippen molar-refractivity contribution in [2.24, 2.45) is 43.5 Å². The van der Waals surface area contributed by atoms with E-state index < -0.39 is 22.8 Å². The highest BCUT2D eigenvalue weighted by atomic mass is 16.4. The van der Waals surface area contributed by atoms with E-state index >= 15 is 0 Å². The van der Waals surface area contributed by atoms with Crippen LogP contribution in [0.15, 0.2) is 9.98 Å². The van der Waals surface area contributed by atoms with Gasteiger partial charge in [-0.25, -0.2) is 0 Å². The highest BCUT2D eigenvalue weighted by Gasteiger charge is 2.68. The minimum atomic E-state index is -0.844. The number of carboxylic acids is 2. The fraction of sp³-hybridized carbons (Fsp3) is 0.846. The summed E-state index contributed by atoms with van der Waals surface area (Å²) < 4.78 is 0. The third-order valence-corrected chi connectivity index (χ3v) is 10.9. The molecule has 0 aliphatic heterocycles. The monoisotopic (exact) mass is 442 g/mol. The standard InChI is InChI=1S/C26H38N2O4/c1-23(2)15-9-11-25(23,21(29)30)19(13-15)27-17-7-5-6-8-18(17)28-20-14-16-10-12-26(20,22(31)32)24(16,3)4/h15-18H,5-14H2,1-4H3,(H,29,30)(H,31,32). The van der Waals surface area contributed by atoms with Crippen LogP contribution in [0.4, 0.5) is 0 Å². The lowest BCUT2D eigenvalue weighted by atomic mass is 9.68. The average molecular weight is 443 g/mol. The molecular weight excluding hydrogens is 404 g/mol. The quantitative estimate of drug-likeness (QED) is 0.640. The van der Waals surface area contributed by atoms with Gasteiger partial charge in [0, 0.05) is 11.4 Å². The topological polar surface area (TPSA) is 99.3 Å². The summed E-state index contributed by atoms with van der Waals surface area (Å²) in [6, 6.07) is -0.0450. The van der Waals surface area contributed by atoms with Crippen molar-refractivity contribution in [3.05, 3.63) is 0 Å². The number of carboxylic acid groups (broad SMARTS) is 2. The fourth-order valence-corrected chi connectivity index (χ4v) is 8.54. The maximum Gasteiger partial charge on any atom is 0.315 e. The van der Waals surface area contributed by atoms with Gasteiger partial charge in [-0.2, -0.15) is 0 Å². The third kappa shape index (κ3) is 2.53. The molecule has 5 aliphatic rings. The van der Waals surface area contributed by atoms with Crippen LogP contribution in [-0.4, -0.2) is 45.7 Å². The molecule has 6 unspecified atom stereocenters. The molecule has 176 valence electrons. The summed E-state index contributed by atoms with van der Waals surface area (Å²) in [7, 11) is 0. The number of hydrogen-bond donors (Lipinski definition) is 2. The van der Waals surface area contributed by atoms with Gasteiger partial charge in [0.2, 0.25) is 0 Å². The lowest BCUT2D eigenvalue weighted by molar-refractivity contribution is -0.149. The van der Waals surface area contributed by atoms with E-state index in [9.17, 15) is 19.8 Å². The number of nitrogens with zero attached hydrogens (tertiary/aromatic N) is 2. The predicted octanol–water partition coefficient (Wildman–Crippen LogP) is 5.00. The van der Waals surface area contributed by atoms with E-state index in [1.165, 1.54) is 0 Å². The van der Waals surface area contributed by atoms with E-state index in [0.717, 1.165) is 62.8 Å². The van der Waals surface area contributed by atoms with Crippen molar-refractivity contribution in [2.75, 3.05) is 0 Å². The van der Waals surface area contributed by atoms with Gasteiger partial charge in [-0.3, -0.25) is 19.6 Å². The zero-order valence-electron chi connectivity index (χ0n) is 20.0. The van der Waals surface area contributed by atoms with Crippen LogP contribution in [0.25, 0.3) is 0 Å². The summed E-state index contributed by atoms with van der Waals surface area (Å²) in [5, 5.41) is 20.5. The first-order valence-electron chi connectivity index (χ1n) is 12.6. The number of hydrogen-bond acceptors (Lipinski definition) is 4. The lowest BCUT2D eigenvalue weighted by Crippen LogP contribution is -2.45. The van der Waals surface area contributed by atoms with Gasteiger partial charge < -0.3 is 10.2 Å². The van der Waals surface area contributed by atoms with Crippen LogP contribution >= 0.6 is 0 Å². The first-order chi connectivity index (χ1) is 15.0. The summed E-state index contributed by atoms with van der Waals surface area (Å²) in [4.78, 5) is 35.4. The Balaban J connectivity index is 1.50. The molecule has 0 radical (unpaired) electrons. The molecule has 0 amide bonds. The van der Waals surface area contributed by atoms with Crippen molar-refractivity contribution in [2.45, 2.75) is 104 Å². The molecule has 0 aromatic rings. The second kappa shape index (κ2) is 6.89. The van der Waals surface area contributed by atoms with Crippen molar-refractivity contribution >= 4 is 23.4 Å². The molecule has 0 saturated heterocycles. The SMILES string of the molecule is CC1(C)C2CCC1(C(=O)O)C(=NC1CCCCC1N=C1CC3CCC1(C(=O)O)C3(C)C)C2. The highest BCUT2D eigenvalue weighted by Crippen LogP contribution is 2.65. The minimum absolute atomic E-state index is 0.0225. The first-order valence-corrected chi connectivity index (χ1v) is 12.6. The van der Waals surface area contributed by atoms with E-state index in [0.29, 0.717) is 24.7 Å². The zero-order valence-corrected chi connectivity index (χ0v) is 20.0. The molecule has 0 spiro atoms. The number of rotatable bonds is 4. The van der Waals surface area contributed by atoms with Crippen molar-refractivity contribution < 1.29 is 19.8 Å². The average Bonchev–Trinajstić information content (AvgIpc) is 3.30. The van der Waals surface area contributed by atoms with Crippen LogP contribution in [0, 0.1) is 33.5 Å². The van der Waals surface area contributed by atoms with Gasteiger partial charge in [0.15, 0.2) is 0 Å². The Kier molecular flexibility index (Phi) is 4.76. The van der Waals surface area contributed by atoms with Crippen molar-refractivity contribution in [3.63, 3.8) is 0 Å². The van der Waals surface area contributed by atoms with Crippen LogP contribution in [0.2, 0.25) is 0 Å². The molecular formula is C26H38N2O4. The van der Waals surface area contributed by atoms with Gasteiger partial charge in [-0.05, 0) is 74.0 Å². The molecule has 0 aromatic heterocycles. The van der Waals surface area contributed by atoms with Gasteiger partial charge >= 0.3 is 11.9 Å². The first kappa shape index (κ1) is 22.1. The van der Waals surface area contributed by atoms with Crippen LogP contribution in [0.5, 0.6) is 0 Å². The van der Waals surface area contributed by atoms with Gasteiger partial charge in [0.05, 0.1) is 12.1 Å². The number of aliphatic carboxylic acids is 2. The summed E-state index contributed by atoms with van der Waals surface area (Å²) in [6.45, 7) is 8.42. The number of fused-ring (bicyclic) bond motifs is 4. The molecule has 6 heteroatoms. The fourth-order valence-electron chi connectivity index (χ4n) is 8.54. The maximum absolute atomic E-state index is 12.5. The van der Waals surface area contributed by atoms with E-state index in [4.69, 9.17) is 9.98 Å². The summed E-state index contributed by atoms with van der Waals surface area (Å²) >= 11 is 0. The highest BCUT2D eigenvalue weighted by molar-refractivity contribution is 6.10. The van der Waals surface area contributed by atoms with Gasteiger partial charge in [0.1, 0.15) is 10.8 Å². The predicted molar refractivity (Wildman–Crippen MR) is 123 cm³/mol. The van der Waals surface area contributed by atoms with Gasteiger partial charge in [-0.1, -0.05) is 40.5 Å². The van der Waals surface area contributed by atoms with Gasteiger partial charge in [0.25, 0.3) is 0 Å². The molecule has 5 rings (SSSR count). The normalized spacial score (nSPS) is 46.2. The molecule has 0 heterocycles. The number of carbonyl (C=O) groups is 2. The molecule has 5 saturated carbocycles. The van der Waals surface area contributed by atoms with E-state index in [1.54, 1.807) is 0 Å². The minimum Gasteiger partial charge on any atom is -0.481 e. The molecule has 6 nitrogen and oxygen atoms in total. The Morgan fingerprint density at radius 2 is 1.09 bits per heavy atom. The third-order valence-electron chi connectivity index (χ3n) is 10.9. The number of aliphatic imine (C=N–C) groups is 2. The molecule has 6 atom stereocenters. The largest absolute Gasteiger partial charge is 0.481 e. The van der Waals surface area contributed by atoms with Gasteiger partial charge in [-0.15, -0.1) is 0 Å². The Morgan fingerprint density at radius 3 is 1.41 bits per heavy atom. The summed E-state index contributed by atoms with van der Waals surface area (Å²) in [5.74, 6) is -0.682. The van der Waals surface area contributed by atoms with Crippen molar-refractivity contribution in [1.82, 2.24) is 0 Å². The summed E-state index contributed by atoms with van der Waals surface area (Å²) in [6.07, 6.45) is 8.85. The Morgan fingerprint density at radius 1 is 0.719 bits per heavy atom. The molecule has 5 fully saturated rings. The van der Waals surface area contributed by atoms with Crippen LogP contribution in [-0.2, 0) is 9.59 Å². The summed E-state index contributed by atoms with van der Waals surface area (Å²) in [5.41, 5.74) is -0.465. The van der Waals surface area contributed by atoms with Crippen LogP contribution < -0.4 is 0 Å². The molecule has 4 bridgehead atoms. The molecule has 0 aromatic carbocycles. The van der Waals surface area contributed by atoms with E-state index in [-0.39, 0.29) is 22.9 Å². The Bertz CT molecular complexity index is 845. The second-order valence-electron chi connectivity index (χ2n) is 12.3. The van der Waals surface area contributed by atoms with E-state index in [2.05, 4.69) is 27.7 Å². The molecule has 32 heavy (non-hydrogen) atoms. The van der Waals surface area contributed by atoms with Crippen LogP contribution in [0.1, 0.15) is 91.9 Å². The molecule has 5 aliphatic carbocycles. The van der Waals surface area contributed by atoms with Crippen molar-refractivity contribution in [3.8, 4) is 0 Å². The zero-order chi connectivity index (χ0) is 23.1. The molecule has 2 N–H and O–H groups in total. The van der Waals surface area contributed by atoms with Crippen LogP contribution in [0.3, 0.4) is 0 Å². The maximum atomic E-state index is 12.5. The Labute approximate surface area is 191 Å².